The predicted molar refractivity (Wildman–Crippen MR) is 109 cm³/mol. The van der Waals surface area contributed by atoms with Gasteiger partial charge in [0.05, 0.1) is 23.5 Å². The second-order valence-corrected chi connectivity index (χ2v) is 7.73. The molecule has 4 aromatic heterocycles. The fourth-order valence-corrected chi connectivity index (χ4v) is 4.22. The third-order valence-electron chi connectivity index (χ3n) is 5.81. The molecule has 1 saturated carbocycles. The topological polar surface area (TPSA) is 82.6 Å². The minimum atomic E-state index is -0.422. The zero-order valence-electron chi connectivity index (χ0n) is 15.8. The number of hydrogen-bond donors (Lipinski definition) is 2. The van der Waals surface area contributed by atoms with Crippen LogP contribution >= 0.6 is 0 Å². The van der Waals surface area contributed by atoms with Gasteiger partial charge in [0.1, 0.15) is 11.5 Å². The summed E-state index contributed by atoms with van der Waals surface area (Å²) in [6, 6.07) is 1.82. The van der Waals surface area contributed by atoms with Gasteiger partial charge in [-0.1, -0.05) is 0 Å². The normalized spacial score (nSPS) is 17.3. The molecule has 0 radical (unpaired) electrons. The number of nitrogens with zero attached hydrogens (tertiary/aromatic N) is 5. The van der Waals surface area contributed by atoms with E-state index < -0.39 is 5.82 Å². The van der Waals surface area contributed by atoms with Gasteiger partial charge in [-0.25, -0.2) is 19.3 Å². The molecule has 0 unspecified atom stereocenters. The first-order valence-corrected chi connectivity index (χ1v) is 10.0. The maximum atomic E-state index is 14.9. The van der Waals surface area contributed by atoms with E-state index in [2.05, 4.69) is 25.2 Å². The summed E-state index contributed by atoms with van der Waals surface area (Å²) in [4.78, 5) is 23.6. The first-order valence-electron chi connectivity index (χ1n) is 10.0. The van der Waals surface area contributed by atoms with Crippen LogP contribution in [0.15, 0.2) is 30.9 Å². The number of piperazine rings is 1. The number of aromatic nitrogens is 5. The summed E-state index contributed by atoms with van der Waals surface area (Å²) < 4.78 is 14.9. The second kappa shape index (κ2) is 6.45. The highest BCUT2D eigenvalue weighted by Gasteiger charge is 2.29. The van der Waals surface area contributed by atoms with E-state index in [1.54, 1.807) is 12.4 Å². The molecule has 7 nitrogen and oxygen atoms in total. The van der Waals surface area contributed by atoms with Crippen LogP contribution < -0.4 is 10.2 Å². The number of halogens is 1. The number of aromatic amines is 1. The lowest BCUT2D eigenvalue weighted by molar-refractivity contribution is 0.586. The zero-order valence-corrected chi connectivity index (χ0v) is 15.8. The van der Waals surface area contributed by atoms with E-state index in [0.29, 0.717) is 28.3 Å². The first kappa shape index (κ1) is 16.8. The average Bonchev–Trinajstić information content (AvgIpc) is 3.50. The van der Waals surface area contributed by atoms with Gasteiger partial charge in [0, 0.05) is 49.3 Å². The van der Waals surface area contributed by atoms with Crippen LogP contribution in [0.4, 0.5) is 10.2 Å². The molecule has 0 spiro atoms. The maximum absolute atomic E-state index is 14.9. The molecule has 2 N–H and O–H groups in total. The number of H-pyrrole nitrogens is 1. The molecular formula is C21H20FN7. The molecule has 0 aromatic carbocycles. The number of fused-ring (bicyclic) bond motifs is 2. The Bertz CT molecular complexity index is 1220. The SMILES string of the molecule is Fc1cnc2[nH]ccc2c1-c1nc(N2CCNCC2)c2c(C3CC3)cncc2n1. The van der Waals surface area contributed by atoms with Crippen molar-refractivity contribution >= 4 is 27.8 Å². The van der Waals surface area contributed by atoms with E-state index in [9.17, 15) is 4.39 Å². The molecule has 5 heterocycles. The molecule has 8 heteroatoms. The summed E-state index contributed by atoms with van der Waals surface area (Å²) >= 11 is 0. The summed E-state index contributed by atoms with van der Waals surface area (Å²) in [5.74, 6) is 1.37. The van der Waals surface area contributed by atoms with Crippen molar-refractivity contribution in [2.24, 2.45) is 0 Å². The van der Waals surface area contributed by atoms with Gasteiger partial charge < -0.3 is 15.2 Å². The standard InChI is InChI=1S/C21H20FN7/c22-15-10-26-19-13(3-4-25-19)17(15)20-27-16-11-24-9-14(12-1-2-12)18(16)21(28-20)29-7-5-23-6-8-29/h3-4,9-12,23H,1-2,5-8H2,(H,25,26). The molecule has 4 aromatic rings. The molecule has 0 bridgehead atoms. The lowest BCUT2D eigenvalue weighted by Gasteiger charge is -2.30. The largest absolute Gasteiger partial charge is 0.353 e. The van der Waals surface area contributed by atoms with E-state index in [0.717, 1.165) is 42.9 Å². The number of nitrogens with one attached hydrogen (secondary N) is 2. The van der Waals surface area contributed by atoms with Crippen molar-refractivity contribution in [3.8, 4) is 11.4 Å². The van der Waals surface area contributed by atoms with Crippen LogP contribution in [-0.2, 0) is 0 Å². The van der Waals surface area contributed by atoms with Crippen LogP contribution in [0.25, 0.3) is 33.3 Å². The van der Waals surface area contributed by atoms with Crippen LogP contribution in [0.3, 0.4) is 0 Å². The summed E-state index contributed by atoms with van der Waals surface area (Å²) in [6.07, 6.45) is 9.05. The molecule has 1 saturated heterocycles. The molecule has 2 aliphatic rings. The van der Waals surface area contributed by atoms with Crippen LogP contribution in [0, 0.1) is 5.82 Å². The molecular weight excluding hydrogens is 369 g/mol. The molecule has 1 aliphatic carbocycles. The number of pyridine rings is 2. The summed E-state index contributed by atoms with van der Waals surface area (Å²) in [6.45, 7) is 3.51. The Labute approximate surface area is 166 Å². The van der Waals surface area contributed by atoms with Gasteiger partial charge in [-0.2, -0.15) is 0 Å². The summed E-state index contributed by atoms with van der Waals surface area (Å²) in [5.41, 5.74) is 2.99. The molecule has 29 heavy (non-hydrogen) atoms. The Morgan fingerprint density at radius 3 is 2.76 bits per heavy atom. The van der Waals surface area contributed by atoms with Crippen molar-refractivity contribution in [3.05, 3.63) is 42.2 Å². The van der Waals surface area contributed by atoms with Gasteiger partial charge >= 0.3 is 0 Å². The van der Waals surface area contributed by atoms with Gasteiger partial charge in [-0.05, 0) is 30.4 Å². The molecule has 0 amide bonds. The Hall–Kier alpha value is -3.13. The predicted octanol–water partition coefficient (Wildman–Crippen LogP) is 2.99. The van der Waals surface area contributed by atoms with Crippen LogP contribution in [-0.4, -0.2) is 51.1 Å². The van der Waals surface area contributed by atoms with Crippen molar-refractivity contribution in [1.29, 1.82) is 0 Å². The third-order valence-corrected chi connectivity index (χ3v) is 5.81. The Balaban J connectivity index is 1.64. The van der Waals surface area contributed by atoms with Crippen molar-refractivity contribution in [2.75, 3.05) is 31.1 Å². The van der Waals surface area contributed by atoms with Gasteiger partial charge in [0.15, 0.2) is 11.6 Å². The van der Waals surface area contributed by atoms with Gasteiger partial charge in [0.2, 0.25) is 0 Å². The molecule has 1 aliphatic heterocycles. The minimum Gasteiger partial charge on any atom is -0.353 e. The Morgan fingerprint density at radius 1 is 1.07 bits per heavy atom. The quantitative estimate of drug-likeness (QED) is 0.561. The fraction of sp³-hybridized carbons (Fsp3) is 0.333. The molecule has 146 valence electrons. The minimum absolute atomic E-state index is 0.380. The fourth-order valence-electron chi connectivity index (χ4n) is 4.22. The second-order valence-electron chi connectivity index (χ2n) is 7.73. The number of rotatable bonds is 3. The molecule has 6 rings (SSSR count). The van der Waals surface area contributed by atoms with Crippen LogP contribution in [0.2, 0.25) is 0 Å². The van der Waals surface area contributed by atoms with Gasteiger partial charge in [-0.15, -0.1) is 0 Å². The zero-order chi connectivity index (χ0) is 19.4. The smallest absolute Gasteiger partial charge is 0.165 e. The van der Waals surface area contributed by atoms with Crippen molar-refractivity contribution in [2.45, 2.75) is 18.8 Å². The van der Waals surface area contributed by atoms with Crippen molar-refractivity contribution in [3.63, 3.8) is 0 Å². The van der Waals surface area contributed by atoms with Crippen LogP contribution in [0.5, 0.6) is 0 Å². The third kappa shape index (κ3) is 2.74. The lowest BCUT2D eigenvalue weighted by Crippen LogP contribution is -2.44. The van der Waals surface area contributed by atoms with Crippen LogP contribution in [0.1, 0.15) is 24.3 Å². The van der Waals surface area contributed by atoms with E-state index in [1.165, 1.54) is 24.6 Å². The highest BCUT2D eigenvalue weighted by molar-refractivity contribution is 5.97. The van der Waals surface area contributed by atoms with E-state index in [4.69, 9.17) is 9.97 Å². The summed E-state index contributed by atoms with van der Waals surface area (Å²) in [7, 11) is 0. The average molecular weight is 389 g/mol. The van der Waals surface area contributed by atoms with E-state index in [1.807, 2.05) is 12.3 Å². The molecule has 2 fully saturated rings. The van der Waals surface area contributed by atoms with Gasteiger partial charge in [-0.3, -0.25) is 4.98 Å². The van der Waals surface area contributed by atoms with Crippen molar-refractivity contribution < 1.29 is 4.39 Å². The summed E-state index contributed by atoms with van der Waals surface area (Å²) in [5, 5.41) is 5.13. The Morgan fingerprint density at radius 2 is 1.93 bits per heavy atom. The first-order chi connectivity index (χ1) is 14.3. The van der Waals surface area contributed by atoms with E-state index in [-0.39, 0.29) is 0 Å². The maximum Gasteiger partial charge on any atom is 0.165 e. The molecule has 0 atom stereocenters. The van der Waals surface area contributed by atoms with E-state index >= 15 is 0 Å². The highest BCUT2D eigenvalue weighted by Crippen LogP contribution is 2.45. The number of hydrogen-bond acceptors (Lipinski definition) is 6. The highest BCUT2D eigenvalue weighted by atomic mass is 19.1. The van der Waals surface area contributed by atoms with Crippen molar-refractivity contribution in [1.82, 2.24) is 30.2 Å². The van der Waals surface area contributed by atoms with Gasteiger partial charge in [0.25, 0.3) is 0 Å². The lowest BCUT2D eigenvalue weighted by atomic mass is 10.1. The Kier molecular flexibility index (Phi) is 3.73. The monoisotopic (exact) mass is 389 g/mol. The number of anilines is 1.